The normalized spacial score (nSPS) is 13.3. The smallest absolute Gasteiger partial charge is 0.274 e. The molecule has 7 nitrogen and oxygen atoms in total. The van der Waals surface area contributed by atoms with Gasteiger partial charge in [0.05, 0.1) is 5.75 Å². The standard InChI is InChI=1S/C2H8N2O5S2/c3-11(8,9)4-1-2-10(5,6)7/h4H,1-2H2,(H2,3,8,9)(H,5,6,7). The molecule has 0 aliphatic rings. The van der Waals surface area contributed by atoms with E-state index in [0.29, 0.717) is 0 Å². The van der Waals surface area contributed by atoms with Crippen LogP contribution < -0.4 is 9.86 Å². The summed E-state index contributed by atoms with van der Waals surface area (Å²) in [4.78, 5) is 0. The van der Waals surface area contributed by atoms with Crippen molar-refractivity contribution in [3.05, 3.63) is 0 Å². The molecule has 9 heteroatoms. The molecule has 0 rings (SSSR count). The zero-order valence-electron chi connectivity index (χ0n) is 5.39. The fourth-order valence-corrected chi connectivity index (χ4v) is 1.19. The summed E-state index contributed by atoms with van der Waals surface area (Å²) < 4.78 is 50.0. The van der Waals surface area contributed by atoms with Crippen molar-refractivity contribution in [3.8, 4) is 0 Å². The summed E-state index contributed by atoms with van der Waals surface area (Å²) in [6.45, 7) is -0.433. The Balaban J connectivity index is 3.79. The zero-order chi connectivity index (χ0) is 9.12. The second kappa shape index (κ2) is 3.45. The maximum atomic E-state index is 10.1. The largest absolute Gasteiger partial charge is 0.286 e. The van der Waals surface area contributed by atoms with Gasteiger partial charge in [0, 0.05) is 6.54 Å². The van der Waals surface area contributed by atoms with Gasteiger partial charge >= 0.3 is 0 Å². The highest BCUT2D eigenvalue weighted by Crippen LogP contribution is 1.79. The summed E-state index contributed by atoms with van der Waals surface area (Å²) in [6, 6.07) is 0. The van der Waals surface area contributed by atoms with Crippen LogP contribution in [0.3, 0.4) is 0 Å². The fraction of sp³-hybridized carbons (Fsp3) is 1.00. The molecule has 68 valence electrons. The summed E-state index contributed by atoms with van der Waals surface area (Å²) in [5, 5.41) is 4.45. The number of hydrogen-bond donors (Lipinski definition) is 3. The SMILES string of the molecule is NS(=O)(=O)NCCS(=O)(=O)O. The van der Waals surface area contributed by atoms with E-state index in [-0.39, 0.29) is 0 Å². The van der Waals surface area contributed by atoms with Crippen molar-refractivity contribution in [1.29, 1.82) is 0 Å². The van der Waals surface area contributed by atoms with Gasteiger partial charge in [0.1, 0.15) is 0 Å². The Labute approximate surface area is 64.5 Å². The van der Waals surface area contributed by atoms with Crippen molar-refractivity contribution < 1.29 is 21.4 Å². The van der Waals surface area contributed by atoms with E-state index in [4.69, 9.17) is 4.55 Å². The molecule has 0 aliphatic carbocycles. The van der Waals surface area contributed by atoms with Crippen molar-refractivity contribution in [3.63, 3.8) is 0 Å². The van der Waals surface area contributed by atoms with Gasteiger partial charge in [0.2, 0.25) is 0 Å². The van der Waals surface area contributed by atoms with E-state index in [1.165, 1.54) is 0 Å². The number of nitrogens with one attached hydrogen (secondary N) is 1. The van der Waals surface area contributed by atoms with Crippen LogP contribution in [0.2, 0.25) is 0 Å². The maximum absolute atomic E-state index is 10.1. The van der Waals surface area contributed by atoms with Gasteiger partial charge in [0.25, 0.3) is 20.3 Å². The molecule has 0 radical (unpaired) electrons. The van der Waals surface area contributed by atoms with Crippen molar-refractivity contribution in [1.82, 2.24) is 4.72 Å². The minimum absolute atomic E-state index is 0.433. The van der Waals surface area contributed by atoms with Crippen LogP contribution in [0.25, 0.3) is 0 Å². The van der Waals surface area contributed by atoms with Crippen LogP contribution in [0.4, 0.5) is 0 Å². The quantitative estimate of drug-likeness (QED) is 0.442. The van der Waals surface area contributed by atoms with Crippen LogP contribution in [0, 0.1) is 0 Å². The van der Waals surface area contributed by atoms with Gasteiger partial charge in [0.15, 0.2) is 0 Å². The molecule has 0 bridgehead atoms. The molecule has 0 unspecified atom stereocenters. The second-order valence-electron chi connectivity index (χ2n) is 1.73. The molecule has 11 heavy (non-hydrogen) atoms. The molecule has 0 saturated carbocycles. The first kappa shape index (κ1) is 10.8. The van der Waals surface area contributed by atoms with E-state index in [1.54, 1.807) is 4.72 Å². The van der Waals surface area contributed by atoms with Gasteiger partial charge < -0.3 is 0 Å². The van der Waals surface area contributed by atoms with Gasteiger partial charge in [-0.25, -0.2) is 9.86 Å². The third kappa shape index (κ3) is 9.78. The third-order valence-corrected chi connectivity index (χ3v) is 1.99. The van der Waals surface area contributed by atoms with Gasteiger partial charge in [-0.3, -0.25) is 4.55 Å². The molecule has 0 saturated heterocycles. The van der Waals surface area contributed by atoms with Crippen LogP contribution >= 0.6 is 0 Å². The molecule has 0 spiro atoms. The van der Waals surface area contributed by atoms with Gasteiger partial charge in [-0.1, -0.05) is 0 Å². The summed E-state index contributed by atoms with van der Waals surface area (Å²) >= 11 is 0. The number of nitrogens with two attached hydrogens (primary N) is 1. The Kier molecular flexibility index (Phi) is 3.38. The Bertz CT molecular complexity index is 269. The van der Waals surface area contributed by atoms with Crippen molar-refractivity contribution in [2.24, 2.45) is 5.14 Å². The predicted molar refractivity (Wildman–Crippen MR) is 37.5 cm³/mol. The lowest BCUT2D eigenvalue weighted by molar-refractivity contribution is 0.482. The molecule has 0 aromatic carbocycles. The van der Waals surface area contributed by atoms with Crippen molar-refractivity contribution >= 4 is 20.3 Å². The van der Waals surface area contributed by atoms with E-state index < -0.39 is 32.6 Å². The first-order valence-electron chi connectivity index (χ1n) is 2.43. The lowest BCUT2D eigenvalue weighted by Crippen LogP contribution is -2.34. The number of rotatable bonds is 4. The molecule has 0 heterocycles. The highest BCUT2D eigenvalue weighted by Gasteiger charge is 2.06. The lowest BCUT2D eigenvalue weighted by atomic mass is 10.8. The Hall–Kier alpha value is -0.220. The van der Waals surface area contributed by atoms with Crippen LogP contribution in [-0.2, 0) is 20.3 Å². The highest BCUT2D eigenvalue weighted by molar-refractivity contribution is 7.87. The fourth-order valence-electron chi connectivity index (χ4n) is 0.313. The van der Waals surface area contributed by atoms with Gasteiger partial charge in [-0.15, -0.1) is 0 Å². The summed E-state index contributed by atoms with van der Waals surface area (Å²) in [5.41, 5.74) is 0. The van der Waals surface area contributed by atoms with Crippen LogP contribution in [0.1, 0.15) is 0 Å². The van der Waals surface area contributed by atoms with E-state index in [9.17, 15) is 16.8 Å². The van der Waals surface area contributed by atoms with Gasteiger partial charge in [-0.05, 0) is 0 Å². The average Bonchev–Trinajstić information content (AvgIpc) is 1.55. The summed E-state index contributed by atoms with van der Waals surface area (Å²) in [7, 11) is -8.00. The molecule has 0 atom stereocenters. The Morgan fingerprint density at radius 1 is 1.27 bits per heavy atom. The average molecular weight is 204 g/mol. The Morgan fingerprint density at radius 3 is 2.00 bits per heavy atom. The summed E-state index contributed by atoms with van der Waals surface area (Å²) in [5.74, 6) is -0.691. The molecular weight excluding hydrogens is 196 g/mol. The molecule has 0 fully saturated rings. The molecule has 0 amide bonds. The maximum Gasteiger partial charge on any atom is 0.274 e. The van der Waals surface area contributed by atoms with Crippen LogP contribution in [0.15, 0.2) is 0 Å². The first-order chi connectivity index (χ1) is 4.71. The molecule has 4 N–H and O–H groups in total. The van der Waals surface area contributed by atoms with E-state index >= 15 is 0 Å². The van der Waals surface area contributed by atoms with Crippen LogP contribution in [0.5, 0.6) is 0 Å². The number of hydrogen-bond acceptors (Lipinski definition) is 4. The second-order valence-corrected chi connectivity index (χ2v) is 4.68. The molecule has 0 aromatic rings. The lowest BCUT2D eigenvalue weighted by Gasteiger charge is -1.97. The van der Waals surface area contributed by atoms with Crippen LogP contribution in [-0.4, -0.2) is 33.7 Å². The highest BCUT2D eigenvalue weighted by atomic mass is 32.2. The molecule has 0 aromatic heterocycles. The predicted octanol–water partition coefficient (Wildman–Crippen LogP) is -2.33. The van der Waals surface area contributed by atoms with E-state index in [0.717, 1.165) is 0 Å². The Morgan fingerprint density at radius 2 is 1.73 bits per heavy atom. The third-order valence-electron chi connectivity index (χ3n) is 0.663. The monoisotopic (exact) mass is 204 g/mol. The molecular formula is C2H8N2O5S2. The first-order valence-corrected chi connectivity index (χ1v) is 5.59. The topological polar surface area (TPSA) is 127 Å². The minimum atomic E-state index is -4.13. The van der Waals surface area contributed by atoms with E-state index in [1.807, 2.05) is 0 Å². The van der Waals surface area contributed by atoms with Crippen molar-refractivity contribution in [2.75, 3.05) is 12.3 Å². The zero-order valence-corrected chi connectivity index (χ0v) is 7.02. The van der Waals surface area contributed by atoms with Gasteiger partial charge in [-0.2, -0.15) is 16.8 Å². The van der Waals surface area contributed by atoms with E-state index in [2.05, 4.69) is 5.14 Å². The minimum Gasteiger partial charge on any atom is -0.286 e. The van der Waals surface area contributed by atoms with Crippen molar-refractivity contribution in [2.45, 2.75) is 0 Å². The summed E-state index contributed by atoms with van der Waals surface area (Å²) in [6.07, 6.45) is 0. The molecule has 0 aliphatic heterocycles.